The Morgan fingerprint density at radius 1 is 1.27 bits per heavy atom. The molecule has 2 heterocycles. The highest BCUT2D eigenvalue weighted by Crippen LogP contribution is 2.33. The Hall–Kier alpha value is -1.75. The van der Waals surface area contributed by atoms with Gasteiger partial charge in [-0.2, -0.15) is 0 Å². The average Bonchev–Trinajstić information content (AvgIpc) is 2.90. The number of nitrogens with zero attached hydrogens (tertiary/aromatic N) is 1. The second-order valence-corrected chi connectivity index (χ2v) is 6.17. The zero-order valence-electron chi connectivity index (χ0n) is 13.0. The van der Waals surface area contributed by atoms with Crippen molar-refractivity contribution in [2.24, 2.45) is 11.8 Å². The van der Waals surface area contributed by atoms with Crippen molar-refractivity contribution in [1.82, 2.24) is 4.90 Å². The molecule has 2 atom stereocenters. The molecule has 1 aromatic carbocycles. The Bertz CT molecular complexity index is 545. The van der Waals surface area contributed by atoms with E-state index in [1.54, 1.807) is 0 Å². The van der Waals surface area contributed by atoms with Crippen molar-refractivity contribution in [2.75, 3.05) is 26.3 Å². The van der Waals surface area contributed by atoms with Crippen LogP contribution in [-0.2, 0) is 11.3 Å². The lowest BCUT2D eigenvalue weighted by atomic mass is 9.92. The predicted molar refractivity (Wildman–Crippen MR) is 82.2 cm³/mol. The fourth-order valence-corrected chi connectivity index (χ4v) is 3.48. The van der Waals surface area contributed by atoms with Crippen LogP contribution in [0.2, 0.25) is 0 Å². The molecule has 0 unspecified atom stereocenters. The van der Waals surface area contributed by atoms with E-state index in [1.165, 1.54) is 0 Å². The normalized spacial score (nSPS) is 24.4. The fraction of sp³-hybridized carbons (Fsp3) is 0.588. The van der Waals surface area contributed by atoms with E-state index < -0.39 is 5.97 Å². The van der Waals surface area contributed by atoms with Crippen molar-refractivity contribution in [3.8, 4) is 11.5 Å². The summed E-state index contributed by atoms with van der Waals surface area (Å²) in [4.78, 5) is 13.7. The first-order valence-electron chi connectivity index (χ1n) is 8.01. The van der Waals surface area contributed by atoms with Gasteiger partial charge in [0.15, 0.2) is 11.5 Å². The predicted octanol–water partition coefficient (Wildman–Crippen LogP) is 2.39. The zero-order chi connectivity index (χ0) is 15.5. The van der Waals surface area contributed by atoms with Crippen molar-refractivity contribution < 1.29 is 19.4 Å². The molecule has 0 amide bonds. The van der Waals surface area contributed by atoms with Crippen LogP contribution < -0.4 is 9.47 Å². The molecule has 22 heavy (non-hydrogen) atoms. The number of carboxylic acids is 1. The number of aliphatic carboxylic acids is 1. The number of hydrogen-bond acceptors (Lipinski definition) is 4. The molecule has 1 aromatic rings. The van der Waals surface area contributed by atoms with E-state index in [2.05, 4.69) is 11.8 Å². The molecular weight excluding hydrogens is 282 g/mol. The zero-order valence-corrected chi connectivity index (χ0v) is 13.0. The van der Waals surface area contributed by atoms with Crippen molar-refractivity contribution >= 4 is 5.97 Å². The Morgan fingerprint density at radius 2 is 2.05 bits per heavy atom. The van der Waals surface area contributed by atoms with Gasteiger partial charge in [-0.15, -0.1) is 0 Å². The van der Waals surface area contributed by atoms with Crippen molar-refractivity contribution in [2.45, 2.75) is 26.3 Å². The minimum absolute atomic E-state index is 0.239. The van der Waals surface area contributed by atoms with Crippen LogP contribution >= 0.6 is 0 Å². The summed E-state index contributed by atoms with van der Waals surface area (Å²) in [6.45, 7) is 5.55. The number of fused-ring (bicyclic) bond motifs is 1. The van der Waals surface area contributed by atoms with E-state index in [-0.39, 0.29) is 11.8 Å². The molecule has 1 N–H and O–H groups in total. The highest BCUT2D eigenvalue weighted by Gasteiger charge is 2.36. The third kappa shape index (κ3) is 3.19. The van der Waals surface area contributed by atoms with Gasteiger partial charge in [-0.25, -0.2) is 0 Å². The second kappa shape index (κ2) is 6.57. The number of benzene rings is 1. The first kappa shape index (κ1) is 15.2. The minimum Gasteiger partial charge on any atom is -0.486 e. The van der Waals surface area contributed by atoms with Gasteiger partial charge in [-0.05, 0) is 30.0 Å². The van der Waals surface area contributed by atoms with Crippen LogP contribution in [0.3, 0.4) is 0 Å². The van der Waals surface area contributed by atoms with Crippen LogP contribution in [-0.4, -0.2) is 42.3 Å². The molecular formula is C17H23NO4. The van der Waals surface area contributed by atoms with Crippen molar-refractivity contribution in [1.29, 1.82) is 0 Å². The molecule has 0 bridgehead atoms. The molecule has 0 aromatic heterocycles. The summed E-state index contributed by atoms with van der Waals surface area (Å²) in [7, 11) is 0. The third-order valence-corrected chi connectivity index (χ3v) is 4.51. The summed E-state index contributed by atoms with van der Waals surface area (Å²) in [6, 6.07) is 5.99. The Labute approximate surface area is 130 Å². The Kier molecular flexibility index (Phi) is 4.52. The molecule has 3 rings (SSSR count). The van der Waals surface area contributed by atoms with Gasteiger partial charge in [0.05, 0.1) is 5.92 Å². The highest BCUT2D eigenvalue weighted by atomic mass is 16.6. The largest absolute Gasteiger partial charge is 0.486 e. The van der Waals surface area contributed by atoms with Gasteiger partial charge in [0.1, 0.15) is 13.2 Å². The van der Waals surface area contributed by atoms with Gasteiger partial charge in [-0.1, -0.05) is 19.4 Å². The molecule has 0 aliphatic carbocycles. The number of likely N-dealkylation sites (tertiary alicyclic amines) is 1. The molecule has 1 saturated heterocycles. The van der Waals surface area contributed by atoms with Gasteiger partial charge >= 0.3 is 5.97 Å². The summed E-state index contributed by atoms with van der Waals surface area (Å²) < 4.78 is 11.1. The molecule has 5 heteroatoms. The van der Waals surface area contributed by atoms with Gasteiger partial charge in [-0.3, -0.25) is 9.69 Å². The highest BCUT2D eigenvalue weighted by molar-refractivity contribution is 5.71. The maximum Gasteiger partial charge on any atom is 0.308 e. The smallest absolute Gasteiger partial charge is 0.308 e. The third-order valence-electron chi connectivity index (χ3n) is 4.51. The van der Waals surface area contributed by atoms with Gasteiger partial charge in [0.25, 0.3) is 0 Å². The number of ether oxygens (including phenoxy) is 2. The second-order valence-electron chi connectivity index (χ2n) is 6.17. The molecule has 5 nitrogen and oxygen atoms in total. The minimum atomic E-state index is -0.664. The molecule has 0 radical (unpaired) electrons. The van der Waals surface area contributed by atoms with Gasteiger partial charge in [0.2, 0.25) is 0 Å². The fourth-order valence-electron chi connectivity index (χ4n) is 3.48. The lowest BCUT2D eigenvalue weighted by Gasteiger charge is -2.21. The van der Waals surface area contributed by atoms with Crippen molar-refractivity contribution in [3.63, 3.8) is 0 Å². The van der Waals surface area contributed by atoms with E-state index in [4.69, 9.17) is 9.47 Å². The number of rotatable bonds is 5. The lowest BCUT2D eigenvalue weighted by Crippen LogP contribution is -2.23. The van der Waals surface area contributed by atoms with Crippen LogP contribution in [0.1, 0.15) is 25.3 Å². The number of hydrogen-bond donors (Lipinski definition) is 1. The standard InChI is InChI=1S/C17H23NO4/c1-2-3-13-10-18(11-14(13)17(19)20)9-12-4-5-15-16(8-12)22-7-6-21-15/h4-5,8,13-14H,2-3,6-7,9-11H2,1H3,(H,19,20)/t13-,14-/m1/s1. The first-order valence-corrected chi connectivity index (χ1v) is 8.01. The maximum atomic E-state index is 11.4. The summed E-state index contributed by atoms with van der Waals surface area (Å²) >= 11 is 0. The average molecular weight is 305 g/mol. The van der Waals surface area contributed by atoms with E-state index in [0.717, 1.165) is 43.0 Å². The molecule has 2 aliphatic rings. The van der Waals surface area contributed by atoms with E-state index in [9.17, 15) is 9.90 Å². The molecule has 120 valence electrons. The molecule has 1 fully saturated rings. The lowest BCUT2D eigenvalue weighted by molar-refractivity contribution is -0.142. The monoisotopic (exact) mass is 305 g/mol. The number of carboxylic acid groups (broad SMARTS) is 1. The SMILES string of the molecule is CCC[C@@H]1CN(Cc2ccc3c(c2)OCCO3)C[C@H]1C(=O)O. The topological polar surface area (TPSA) is 59.0 Å². The van der Waals surface area contributed by atoms with Gasteiger partial charge < -0.3 is 14.6 Å². The Balaban J connectivity index is 1.67. The van der Waals surface area contributed by atoms with Crippen LogP contribution in [0, 0.1) is 11.8 Å². The first-order chi connectivity index (χ1) is 10.7. The van der Waals surface area contributed by atoms with E-state index in [0.29, 0.717) is 19.8 Å². The maximum absolute atomic E-state index is 11.4. The summed E-state index contributed by atoms with van der Waals surface area (Å²) in [5.74, 6) is 0.950. The summed E-state index contributed by atoms with van der Waals surface area (Å²) in [5.41, 5.74) is 1.14. The van der Waals surface area contributed by atoms with E-state index in [1.807, 2.05) is 18.2 Å². The van der Waals surface area contributed by atoms with Crippen molar-refractivity contribution in [3.05, 3.63) is 23.8 Å². The number of carbonyl (C=O) groups is 1. The van der Waals surface area contributed by atoms with Crippen LogP contribution in [0.25, 0.3) is 0 Å². The quantitative estimate of drug-likeness (QED) is 0.905. The Morgan fingerprint density at radius 3 is 2.77 bits per heavy atom. The van der Waals surface area contributed by atoms with Crippen LogP contribution in [0.15, 0.2) is 18.2 Å². The van der Waals surface area contributed by atoms with Gasteiger partial charge in [0, 0.05) is 19.6 Å². The summed E-state index contributed by atoms with van der Waals surface area (Å²) in [5, 5.41) is 9.39. The molecule has 2 aliphatic heterocycles. The molecule has 0 spiro atoms. The van der Waals surface area contributed by atoms with E-state index >= 15 is 0 Å². The van der Waals surface area contributed by atoms with Crippen LogP contribution in [0.4, 0.5) is 0 Å². The molecule has 0 saturated carbocycles. The summed E-state index contributed by atoms with van der Waals surface area (Å²) in [6.07, 6.45) is 2.01. The van der Waals surface area contributed by atoms with Crippen LogP contribution in [0.5, 0.6) is 11.5 Å².